The highest BCUT2D eigenvalue weighted by Gasteiger charge is 2.21. The Hall–Kier alpha value is -3.20. The fourth-order valence-corrected chi connectivity index (χ4v) is 3.52. The van der Waals surface area contributed by atoms with Crippen molar-refractivity contribution in [3.05, 3.63) is 64.8 Å². The molecule has 0 amide bonds. The molecule has 0 spiro atoms. The molecule has 1 fully saturated rings. The molecule has 0 atom stereocenters. The first-order chi connectivity index (χ1) is 12.7. The average molecular weight is 345 g/mol. The lowest BCUT2D eigenvalue weighted by Crippen LogP contribution is -2.36. The molecule has 0 saturated carbocycles. The van der Waals surface area contributed by atoms with Crippen LogP contribution in [0.3, 0.4) is 0 Å². The van der Waals surface area contributed by atoms with E-state index < -0.39 is 0 Å². The summed E-state index contributed by atoms with van der Waals surface area (Å²) < 4.78 is 1.73. The van der Waals surface area contributed by atoms with Crippen LogP contribution in [0.4, 0.5) is 5.82 Å². The Labute approximate surface area is 151 Å². The molecule has 6 nitrogen and oxygen atoms in total. The summed E-state index contributed by atoms with van der Waals surface area (Å²) in [6.45, 7) is 2.45. The quantitative estimate of drug-likeness (QED) is 0.729. The molecule has 4 rings (SSSR count). The summed E-state index contributed by atoms with van der Waals surface area (Å²) >= 11 is 0. The van der Waals surface area contributed by atoms with Crippen LogP contribution in [0, 0.1) is 17.2 Å². The monoisotopic (exact) mass is 345 g/mol. The fraction of sp³-hybridized carbons (Fsp3) is 0.300. The van der Waals surface area contributed by atoms with E-state index in [1.807, 2.05) is 36.4 Å². The molecule has 1 aliphatic rings. The normalized spacial score (nSPS) is 15.1. The Morgan fingerprint density at radius 3 is 2.73 bits per heavy atom. The highest BCUT2D eigenvalue weighted by molar-refractivity contribution is 5.76. The molecule has 1 aliphatic heterocycles. The lowest BCUT2D eigenvalue weighted by atomic mass is 9.96. The zero-order valence-corrected chi connectivity index (χ0v) is 14.4. The Bertz CT molecular complexity index is 1030. The predicted molar refractivity (Wildman–Crippen MR) is 99.9 cm³/mol. The smallest absolute Gasteiger partial charge is 0.261 e. The van der Waals surface area contributed by atoms with Crippen molar-refractivity contribution in [1.29, 1.82) is 5.26 Å². The fourth-order valence-electron chi connectivity index (χ4n) is 3.52. The third kappa shape index (κ3) is 3.16. The zero-order valence-electron chi connectivity index (χ0n) is 14.4. The molecule has 3 aromatic rings. The van der Waals surface area contributed by atoms with E-state index in [4.69, 9.17) is 5.26 Å². The van der Waals surface area contributed by atoms with Crippen molar-refractivity contribution < 1.29 is 0 Å². The number of hydrogen-bond acceptors (Lipinski definition) is 5. The first kappa shape index (κ1) is 16.3. The molecule has 2 aromatic heterocycles. The highest BCUT2D eigenvalue weighted by Crippen LogP contribution is 2.23. The largest absolute Gasteiger partial charge is 0.357 e. The van der Waals surface area contributed by atoms with E-state index in [9.17, 15) is 4.79 Å². The van der Waals surface area contributed by atoms with Crippen LogP contribution in [0.15, 0.2) is 53.6 Å². The van der Waals surface area contributed by atoms with Gasteiger partial charge in [-0.15, -0.1) is 0 Å². The molecule has 0 bridgehead atoms. The summed E-state index contributed by atoms with van der Waals surface area (Å²) in [6, 6.07) is 15.1. The summed E-state index contributed by atoms with van der Waals surface area (Å²) in [7, 11) is 0. The molecule has 0 radical (unpaired) electrons. The van der Waals surface area contributed by atoms with Gasteiger partial charge < -0.3 is 4.90 Å². The van der Waals surface area contributed by atoms with Crippen LogP contribution >= 0.6 is 0 Å². The van der Waals surface area contributed by atoms with E-state index in [0.29, 0.717) is 23.5 Å². The molecule has 6 heteroatoms. The van der Waals surface area contributed by atoms with Crippen LogP contribution in [0.25, 0.3) is 10.9 Å². The number of pyridine rings is 1. The van der Waals surface area contributed by atoms with E-state index in [-0.39, 0.29) is 5.56 Å². The highest BCUT2D eigenvalue weighted by atomic mass is 16.1. The Kier molecular flexibility index (Phi) is 4.36. The van der Waals surface area contributed by atoms with Gasteiger partial charge in [-0.2, -0.15) is 5.26 Å². The molecule has 0 aliphatic carbocycles. The van der Waals surface area contributed by atoms with Crippen molar-refractivity contribution in [2.45, 2.75) is 19.4 Å². The van der Waals surface area contributed by atoms with E-state index in [1.165, 1.54) is 0 Å². The van der Waals surface area contributed by atoms with Gasteiger partial charge in [0.1, 0.15) is 17.6 Å². The summed E-state index contributed by atoms with van der Waals surface area (Å²) in [5.74, 6) is 1.29. The van der Waals surface area contributed by atoms with Crippen LogP contribution in [0.1, 0.15) is 18.5 Å². The average Bonchev–Trinajstić information content (AvgIpc) is 2.71. The maximum atomic E-state index is 12.6. The van der Waals surface area contributed by atoms with Crippen LogP contribution in [-0.4, -0.2) is 27.6 Å². The Morgan fingerprint density at radius 1 is 1.12 bits per heavy atom. The summed E-state index contributed by atoms with van der Waals surface area (Å²) in [4.78, 5) is 23.6. The van der Waals surface area contributed by atoms with Crippen molar-refractivity contribution >= 4 is 16.7 Å². The van der Waals surface area contributed by atoms with Gasteiger partial charge in [0.2, 0.25) is 0 Å². The zero-order chi connectivity index (χ0) is 17.9. The number of para-hydroxylation sites is 1. The minimum atomic E-state index is 0.0291. The SMILES string of the molecule is N#Cc1cccc(N2CCC(Cn3cnc4ccccc4c3=O)CC2)n1. The van der Waals surface area contributed by atoms with E-state index >= 15 is 0 Å². The Morgan fingerprint density at radius 2 is 1.92 bits per heavy atom. The van der Waals surface area contributed by atoms with Crippen LogP contribution in [0.2, 0.25) is 0 Å². The van der Waals surface area contributed by atoms with Crippen LogP contribution in [0.5, 0.6) is 0 Å². The first-order valence-electron chi connectivity index (χ1n) is 8.81. The summed E-state index contributed by atoms with van der Waals surface area (Å²) in [5, 5.41) is 9.67. The number of hydrogen-bond donors (Lipinski definition) is 0. The molecule has 1 aromatic carbocycles. The van der Waals surface area contributed by atoms with Crippen molar-refractivity contribution in [3.8, 4) is 6.07 Å². The molecule has 0 N–H and O–H groups in total. The first-order valence-corrected chi connectivity index (χ1v) is 8.81. The predicted octanol–water partition coefficient (Wildman–Crippen LogP) is 2.58. The minimum Gasteiger partial charge on any atom is -0.357 e. The topological polar surface area (TPSA) is 74.8 Å². The second-order valence-corrected chi connectivity index (χ2v) is 6.64. The second-order valence-electron chi connectivity index (χ2n) is 6.64. The molecule has 0 unspecified atom stereocenters. The standard InChI is InChI=1S/C20H19N5O/c21-12-16-4-3-7-19(23-16)24-10-8-15(9-11-24)13-25-14-22-18-6-2-1-5-17(18)20(25)26/h1-7,14-15H,8-11,13H2. The molecule has 3 heterocycles. The number of piperidine rings is 1. The van der Waals surface area contributed by atoms with Gasteiger partial charge in [-0.25, -0.2) is 9.97 Å². The van der Waals surface area contributed by atoms with Gasteiger partial charge in [-0.05, 0) is 43.0 Å². The Balaban J connectivity index is 1.45. The number of fused-ring (bicyclic) bond motifs is 1. The minimum absolute atomic E-state index is 0.0291. The molecule has 26 heavy (non-hydrogen) atoms. The maximum absolute atomic E-state index is 12.6. The van der Waals surface area contributed by atoms with Crippen molar-refractivity contribution in [2.24, 2.45) is 5.92 Å². The number of nitrogens with zero attached hydrogens (tertiary/aromatic N) is 5. The molecule has 1 saturated heterocycles. The lowest BCUT2D eigenvalue weighted by Gasteiger charge is -2.33. The number of benzene rings is 1. The van der Waals surface area contributed by atoms with Crippen LogP contribution in [-0.2, 0) is 6.54 Å². The van der Waals surface area contributed by atoms with Crippen molar-refractivity contribution in [1.82, 2.24) is 14.5 Å². The second kappa shape index (κ2) is 6.96. The third-order valence-corrected chi connectivity index (χ3v) is 4.97. The van der Waals surface area contributed by atoms with Crippen LogP contribution < -0.4 is 10.5 Å². The number of anilines is 1. The van der Waals surface area contributed by atoms with Crippen molar-refractivity contribution in [3.63, 3.8) is 0 Å². The molecular formula is C20H19N5O. The number of aromatic nitrogens is 3. The van der Waals surface area contributed by atoms with Crippen molar-refractivity contribution in [2.75, 3.05) is 18.0 Å². The van der Waals surface area contributed by atoms with E-state index in [1.54, 1.807) is 17.0 Å². The van der Waals surface area contributed by atoms with Gasteiger partial charge in [-0.3, -0.25) is 9.36 Å². The molecular weight excluding hydrogens is 326 g/mol. The van der Waals surface area contributed by atoms with Gasteiger partial charge in [-0.1, -0.05) is 18.2 Å². The van der Waals surface area contributed by atoms with Gasteiger partial charge in [0.25, 0.3) is 5.56 Å². The van der Waals surface area contributed by atoms with Gasteiger partial charge in [0.15, 0.2) is 0 Å². The van der Waals surface area contributed by atoms with Gasteiger partial charge in [0, 0.05) is 19.6 Å². The maximum Gasteiger partial charge on any atom is 0.261 e. The van der Waals surface area contributed by atoms with E-state index in [2.05, 4.69) is 20.9 Å². The number of nitriles is 1. The third-order valence-electron chi connectivity index (χ3n) is 4.97. The summed E-state index contributed by atoms with van der Waals surface area (Å²) in [6.07, 6.45) is 3.63. The summed E-state index contributed by atoms with van der Waals surface area (Å²) in [5.41, 5.74) is 1.21. The van der Waals surface area contributed by atoms with Gasteiger partial charge in [0.05, 0.1) is 17.2 Å². The lowest BCUT2D eigenvalue weighted by molar-refractivity contribution is 0.351. The molecule has 130 valence electrons. The van der Waals surface area contributed by atoms with Gasteiger partial charge >= 0.3 is 0 Å². The number of rotatable bonds is 3. The van der Waals surface area contributed by atoms with E-state index in [0.717, 1.165) is 37.3 Å².